The quantitative estimate of drug-likeness (QED) is 0.827. The summed E-state index contributed by atoms with van der Waals surface area (Å²) in [6.07, 6.45) is 5.23. The minimum Gasteiger partial charge on any atom is -0.481 e. The van der Waals surface area contributed by atoms with Crippen molar-refractivity contribution in [2.75, 3.05) is 11.9 Å². The standard InChI is InChI=1S/C18H19NO/c1-4-11-20-18-8-6-5-7-16(18)13-19-17-10-9-14(2)12-15(17)3/h1,5-10,12,19H,11,13H2,2-3H3. The lowest BCUT2D eigenvalue weighted by molar-refractivity contribution is 0.366. The van der Waals surface area contributed by atoms with E-state index in [4.69, 9.17) is 11.2 Å². The molecule has 20 heavy (non-hydrogen) atoms. The van der Waals surface area contributed by atoms with Crippen LogP contribution in [0.2, 0.25) is 0 Å². The van der Waals surface area contributed by atoms with Gasteiger partial charge in [0.25, 0.3) is 0 Å². The van der Waals surface area contributed by atoms with E-state index in [1.165, 1.54) is 11.1 Å². The van der Waals surface area contributed by atoms with Crippen molar-refractivity contribution in [3.8, 4) is 18.1 Å². The Morgan fingerprint density at radius 1 is 1.15 bits per heavy atom. The van der Waals surface area contributed by atoms with Crippen LogP contribution in [-0.2, 0) is 6.54 Å². The van der Waals surface area contributed by atoms with E-state index >= 15 is 0 Å². The number of hydrogen-bond donors (Lipinski definition) is 1. The van der Waals surface area contributed by atoms with Crippen molar-refractivity contribution < 1.29 is 4.74 Å². The molecule has 0 radical (unpaired) electrons. The zero-order chi connectivity index (χ0) is 14.4. The van der Waals surface area contributed by atoms with Gasteiger partial charge in [0.15, 0.2) is 0 Å². The van der Waals surface area contributed by atoms with Gasteiger partial charge >= 0.3 is 0 Å². The maximum atomic E-state index is 5.55. The SMILES string of the molecule is C#CCOc1ccccc1CNc1ccc(C)cc1C. The minimum absolute atomic E-state index is 0.292. The summed E-state index contributed by atoms with van der Waals surface area (Å²) in [5.41, 5.74) is 4.75. The third-order valence-electron chi connectivity index (χ3n) is 3.13. The number of anilines is 1. The van der Waals surface area contributed by atoms with Crippen LogP contribution in [0.1, 0.15) is 16.7 Å². The van der Waals surface area contributed by atoms with E-state index < -0.39 is 0 Å². The van der Waals surface area contributed by atoms with Gasteiger partial charge in [-0.25, -0.2) is 0 Å². The molecule has 0 saturated carbocycles. The molecule has 0 aromatic heterocycles. The number of nitrogens with one attached hydrogen (secondary N) is 1. The monoisotopic (exact) mass is 265 g/mol. The first-order valence-corrected chi connectivity index (χ1v) is 6.66. The van der Waals surface area contributed by atoms with Crippen molar-refractivity contribution in [1.82, 2.24) is 0 Å². The first kappa shape index (κ1) is 14.0. The molecule has 0 spiro atoms. The molecule has 0 aliphatic heterocycles. The van der Waals surface area contributed by atoms with Gasteiger partial charge in [0.1, 0.15) is 12.4 Å². The average Bonchev–Trinajstić information content (AvgIpc) is 2.45. The zero-order valence-corrected chi connectivity index (χ0v) is 11.9. The zero-order valence-electron chi connectivity index (χ0n) is 11.9. The predicted molar refractivity (Wildman–Crippen MR) is 84.0 cm³/mol. The molecular weight excluding hydrogens is 246 g/mol. The van der Waals surface area contributed by atoms with E-state index in [1.807, 2.05) is 24.3 Å². The lowest BCUT2D eigenvalue weighted by Crippen LogP contribution is -2.04. The van der Waals surface area contributed by atoms with Gasteiger partial charge in [-0.1, -0.05) is 41.8 Å². The summed E-state index contributed by atoms with van der Waals surface area (Å²) in [6, 6.07) is 14.3. The molecule has 0 aliphatic rings. The van der Waals surface area contributed by atoms with Gasteiger partial charge in [-0.05, 0) is 31.5 Å². The molecule has 0 amide bonds. The van der Waals surface area contributed by atoms with Crippen molar-refractivity contribution >= 4 is 5.69 Å². The molecule has 0 heterocycles. The van der Waals surface area contributed by atoms with Crippen LogP contribution in [0.25, 0.3) is 0 Å². The van der Waals surface area contributed by atoms with E-state index in [0.717, 1.165) is 17.0 Å². The maximum Gasteiger partial charge on any atom is 0.148 e. The molecule has 0 fully saturated rings. The molecule has 2 heteroatoms. The second kappa shape index (κ2) is 6.68. The smallest absolute Gasteiger partial charge is 0.148 e. The number of para-hydroxylation sites is 1. The van der Waals surface area contributed by atoms with E-state index in [2.05, 4.69) is 43.3 Å². The lowest BCUT2D eigenvalue weighted by atomic mass is 10.1. The molecule has 102 valence electrons. The molecule has 1 N–H and O–H groups in total. The molecule has 2 aromatic carbocycles. The fourth-order valence-electron chi connectivity index (χ4n) is 2.11. The van der Waals surface area contributed by atoms with Crippen molar-refractivity contribution in [3.63, 3.8) is 0 Å². The van der Waals surface area contributed by atoms with E-state index in [1.54, 1.807) is 0 Å². The topological polar surface area (TPSA) is 21.3 Å². The first-order chi connectivity index (χ1) is 9.70. The van der Waals surface area contributed by atoms with Gasteiger partial charge in [-0.2, -0.15) is 0 Å². The van der Waals surface area contributed by atoms with Crippen LogP contribution in [0.5, 0.6) is 5.75 Å². The number of benzene rings is 2. The maximum absolute atomic E-state index is 5.55. The van der Waals surface area contributed by atoms with Crippen molar-refractivity contribution in [2.24, 2.45) is 0 Å². The largest absolute Gasteiger partial charge is 0.481 e. The van der Waals surface area contributed by atoms with Crippen LogP contribution in [0.3, 0.4) is 0 Å². The Morgan fingerprint density at radius 2 is 1.95 bits per heavy atom. The number of hydrogen-bond acceptors (Lipinski definition) is 2. The Morgan fingerprint density at radius 3 is 2.70 bits per heavy atom. The van der Waals surface area contributed by atoms with E-state index in [9.17, 15) is 0 Å². The van der Waals surface area contributed by atoms with Crippen molar-refractivity contribution in [2.45, 2.75) is 20.4 Å². The fraction of sp³-hybridized carbons (Fsp3) is 0.222. The number of terminal acetylenes is 1. The number of rotatable bonds is 5. The van der Waals surface area contributed by atoms with Crippen molar-refractivity contribution in [3.05, 3.63) is 59.2 Å². The molecular formula is C18H19NO. The predicted octanol–water partition coefficient (Wildman–Crippen LogP) is 3.93. The summed E-state index contributed by atoms with van der Waals surface area (Å²) in [5, 5.41) is 3.44. The third-order valence-corrected chi connectivity index (χ3v) is 3.13. The van der Waals surface area contributed by atoms with Gasteiger partial charge in [0.2, 0.25) is 0 Å². The molecule has 0 aliphatic carbocycles. The molecule has 0 saturated heterocycles. The van der Waals surface area contributed by atoms with Gasteiger partial charge in [0, 0.05) is 17.8 Å². The summed E-state index contributed by atoms with van der Waals surface area (Å²) in [5.74, 6) is 3.33. The van der Waals surface area contributed by atoms with Gasteiger partial charge < -0.3 is 10.1 Å². The molecule has 2 nitrogen and oxygen atoms in total. The highest BCUT2D eigenvalue weighted by molar-refractivity contribution is 5.52. The van der Waals surface area contributed by atoms with Crippen LogP contribution in [-0.4, -0.2) is 6.61 Å². The lowest BCUT2D eigenvalue weighted by Gasteiger charge is -2.13. The van der Waals surface area contributed by atoms with Crippen LogP contribution in [0.15, 0.2) is 42.5 Å². The van der Waals surface area contributed by atoms with Crippen LogP contribution < -0.4 is 10.1 Å². The Labute approximate surface area is 120 Å². The second-order valence-corrected chi connectivity index (χ2v) is 4.77. The Balaban J connectivity index is 2.09. The normalized spacial score (nSPS) is 9.85. The number of aryl methyl sites for hydroxylation is 2. The first-order valence-electron chi connectivity index (χ1n) is 6.66. The van der Waals surface area contributed by atoms with Crippen molar-refractivity contribution in [1.29, 1.82) is 0 Å². The summed E-state index contributed by atoms with van der Waals surface area (Å²) in [7, 11) is 0. The molecule has 0 unspecified atom stereocenters. The fourth-order valence-corrected chi connectivity index (χ4v) is 2.11. The van der Waals surface area contributed by atoms with Crippen LogP contribution in [0.4, 0.5) is 5.69 Å². The van der Waals surface area contributed by atoms with Gasteiger partial charge in [-0.15, -0.1) is 6.42 Å². The summed E-state index contributed by atoms with van der Waals surface area (Å²) in [6.45, 7) is 5.21. The second-order valence-electron chi connectivity index (χ2n) is 4.77. The Hall–Kier alpha value is -2.40. The Kier molecular flexibility index (Phi) is 4.68. The van der Waals surface area contributed by atoms with Gasteiger partial charge in [0.05, 0.1) is 0 Å². The van der Waals surface area contributed by atoms with E-state index in [0.29, 0.717) is 13.2 Å². The Bertz CT molecular complexity index is 626. The molecule has 2 rings (SSSR count). The summed E-state index contributed by atoms with van der Waals surface area (Å²) >= 11 is 0. The molecule has 0 bridgehead atoms. The summed E-state index contributed by atoms with van der Waals surface area (Å²) in [4.78, 5) is 0. The number of ether oxygens (including phenoxy) is 1. The van der Waals surface area contributed by atoms with Crippen LogP contribution >= 0.6 is 0 Å². The van der Waals surface area contributed by atoms with E-state index in [-0.39, 0.29) is 0 Å². The highest BCUT2D eigenvalue weighted by Crippen LogP contribution is 2.21. The average molecular weight is 265 g/mol. The minimum atomic E-state index is 0.292. The third kappa shape index (κ3) is 3.55. The van der Waals surface area contributed by atoms with Gasteiger partial charge in [-0.3, -0.25) is 0 Å². The highest BCUT2D eigenvalue weighted by atomic mass is 16.5. The molecule has 2 aromatic rings. The van der Waals surface area contributed by atoms with Crippen LogP contribution in [0, 0.1) is 26.2 Å². The summed E-state index contributed by atoms with van der Waals surface area (Å²) < 4.78 is 5.55. The highest BCUT2D eigenvalue weighted by Gasteiger charge is 2.03. The molecule has 0 atom stereocenters.